The molecule has 1 fully saturated rings. The number of hydrogen-bond acceptors (Lipinski definition) is 4. The summed E-state index contributed by atoms with van der Waals surface area (Å²) in [5.74, 6) is 0.171. The van der Waals surface area contributed by atoms with Crippen LogP contribution in [0.4, 0.5) is 0 Å². The first-order valence-electron chi connectivity index (χ1n) is 5.72. The molecule has 4 nitrogen and oxygen atoms in total. The molecule has 0 saturated carbocycles. The fourth-order valence-corrected chi connectivity index (χ4v) is 2.16. The van der Waals surface area contributed by atoms with E-state index in [0.717, 1.165) is 25.4 Å². The van der Waals surface area contributed by atoms with Gasteiger partial charge in [0.1, 0.15) is 5.75 Å². The van der Waals surface area contributed by atoms with Gasteiger partial charge in [-0.1, -0.05) is 12.1 Å². The van der Waals surface area contributed by atoms with Crippen LogP contribution in [-0.4, -0.2) is 31.1 Å². The van der Waals surface area contributed by atoms with E-state index in [-0.39, 0.29) is 41.9 Å². The molecule has 0 unspecified atom stereocenters. The van der Waals surface area contributed by atoms with Crippen molar-refractivity contribution >= 4 is 5.97 Å². The predicted octanol–water partition coefficient (Wildman–Crippen LogP) is -2.73. The Morgan fingerprint density at radius 2 is 2.00 bits per heavy atom. The number of carbonyl (C=O) groups is 1. The van der Waals surface area contributed by atoms with Gasteiger partial charge in [0.05, 0.1) is 7.11 Å². The second-order valence-electron chi connectivity index (χ2n) is 4.48. The number of benzene rings is 1. The van der Waals surface area contributed by atoms with Gasteiger partial charge in [-0.2, -0.15) is 0 Å². The number of methoxy groups -OCH3 is 1. The smallest absolute Gasteiger partial charge is 0.550 e. The quantitative estimate of drug-likeness (QED) is 0.538. The Balaban J connectivity index is 0.00000162. The van der Waals surface area contributed by atoms with Crippen LogP contribution < -0.4 is 39.4 Å². The van der Waals surface area contributed by atoms with Crippen molar-refractivity contribution in [2.24, 2.45) is 5.92 Å². The Hall–Kier alpha value is -0.550. The molecule has 0 radical (unpaired) electrons. The van der Waals surface area contributed by atoms with E-state index in [0.29, 0.717) is 0 Å². The van der Waals surface area contributed by atoms with Crippen LogP contribution in [0.3, 0.4) is 0 Å². The zero-order chi connectivity index (χ0) is 12.3. The summed E-state index contributed by atoms with van der Waals surface area (Å²) in [6.45, 7) is 2.56. The van der Waals surface area contributed by atoms with Crippen molar-refractivity contribution in [1.82, 2.24) is 4.90 Å². The molecule has 5 heteroatoms. The van der Waals surface area contributed by atoms with Gasteiger partial charge in [-0.25, -0.2) is 0 Å². The minimum Gasteiger partial charge on any atom is -0.550 e. The normalized spacial score (nSPS) is 15.6. The summed E-state index contributed by atoms with van der Waals surface area (Å²) < 4.78 is 5.09. The monoisotopic (exact) mass is 257 g/mol. The van der Waals surface area contributed by atoms with Crippen molar-refractivity contribution in [2.45, 2.75) is 13.0 Å². The van der Waals surface area contributed by atoms with E-state index >= 15 is 0 Å². The van der Waals surface area contributed by atoms with E-state index in [1.165, 1.54) is 5.56 Å². The number of likely N-dealkylation sites (tertiary alicyclic amines) is 1. The SMILES string of the molecule is COc1ccc(CN2CC(CC(=O)[O-])C2)cc1.[Na+]. The van der Waals surface area contributed by atoms with Gasteiger partial charge in [-0.05, 0) is 30.0 Å². The van der Waals surface area contributed by atoms with Crippen molar-refractivity contribution in [1.29, 1.82) is 0 Å². The predicted molar refractivity (Wildman–Crippen MR) is 61.4 cm³/mol. The van der Waals surface area contributed by atoms with Crippen molar-refractivity contribution < 1.29 is 44.2 Å². The van der Waals surface area contributed by atoms with Crippen LogP contribution in [0.25, 0.3) is 0 Å². The van der Waals surface area contributed by atoms with E-state index in [1.807, 2.05) is 24.3 Å². The number of nitrogens with zero attached hydrogens (tertiary/aromatic N) is 1. The molecule has 0 aromatic heterocycles. The number of carbonyl (C=O) groups excluding carboxylic acids is 1. The third-order valence-corrected chi connectivity index (χ3v) is 3.05. The summed E-state index contributed by atoms with van der Waals surface area (Å²) in [7, 11) is 1.65. The molecular weight excluding hydrogens is 241 g/mol. The Labute approximate surface area is 129 Å². The number of carboxylic acid groups (broad SMARTS) is 1. The molecule has 1 heterocycles. The molecule has 0 amide bonds. The molecule has 2 rings (SSSR count). The average Bonchev–Trinajstić information content (AvgIpc) is 2.26. The summed E-state index contributed by atoms with van der Waals surface area (Å²) >= 11 is 0. The first-order chi connectivity index (χ1) is 8.17. The first-order valence-corrected chi connectivity index (χ1v) is 5.72. The van der Waals surface area contributed by atoms with Crippen molar-refractivity contribution in [3.63, 3.8) is 0 Å². The van der Waals surface area contributed by atoms with Gasteiger partial charge in [0, 0.05) is 25.6 Å². The molecule has 1 aromatic carbocycles. The van der Waals surface area contributed by atoms with Gasteiger partial charge in [-0.15, -0.1) is 0 Å². The minimum absolute atomic E-state index is 0. The fourth-order valence-electron chi connectivity index (χ4n) is 2.16. The number of ether oxygens (including phenoxy) is 1. The molecule has 1 aliphatic heterocycles. The molecule has 0 atom stereocenters. The molecule has 0 spiro atoms. The van der Waals surface area contributed by atoms with Gasteiger partial charge >= 0.3 is 29.6 Å². The van der Waals surface area contributed by atoms with Crippen LogP contribution in [0.2, 0.25) is 0 Å². The molecular formula is C13H16NNaO3. The molecule has 0 N–H and O–H groups in total. The number of carboxylic acids is 1. The molecule has 0 aliphatic carbocycles. The van der Waals surface area contributed by atoms with Crippen LogP contribution in [0.15, 0.2) is 24.3 Å². The zero-order valence-electron chi connectivity index (χ0n) is 10.9. The van der Waals surface area contributed by atoms with Crippen LogP contribution >= 0.6 is 0 Å². The van der Waals surface area contributed by atoms with E-state index in [1.54, 1.807) is 7.11 Å². The third kappa shape index (κ3) is 4.28. The van der Waals surface area contributed by atoms with Gasteiger partial charge in [0.25, 0.3) is 0 Å². The van der Waals surface area contributed by atoms with Crippen molar-refractivity contribution in [2.75, 3.05) is 20.2 Å². The summed E-state index contributed by atoms with van der Waals surface area (Å²) in [4.78, 5) is 12.6. The molecule has 92 valence electrons. The molecule has 1 aliphatic rings. The largest absolute Gasteiger partial charge is 1.00 e. The second kappa shape index (κ2) is 7.14. The Morgan fingerprint density at radius 1 is 1.39 bits per heavy atom. The number of rotatable bonds is 5. The fraction of sp³-hybridized carbons (Fsp3) is 0.462. The number of aliphatic carboxylic acids is 1. The van der Waals surface area contributed by atoms with Crippen molar-refractivity contribution in [3.8, 4) is 5.75 Å². The summed E-state index contributed by atoms with van der Waals surface area (Å²) in [6, 6.07) is 7.94. The van der Waals surface area contributed by atoms with E-state index in [9.17, 15) is 9.90 Å². The average molecular weight is 257 g/mol. The van der Waals surface area contributed by atoms with Gasteiger partial charge in [0.15, 0.2) is 0 Å². The Morgan fingerprint density at radius 3 is 2.50 bits per heavy atom. The molecule has 0 bridgehead atoms. The van der Waals surface area contributed by atoms with Crippen LogP contribution in [-0.2, 0) is 11.3 Å². The minimum atomic E-state index is -0.945. The van der Waals surface area contributed by atoms with Gasteiger partial charge in [-0.3, -0.25) is 4.90 Å². The summed E-state index contributed by atoms with van der Waals surface area (Å²) in [5, 5.41) is 10.4. The molecule has 1 saturated heterocycles. The third-order valence-electron chi connectivity index (χ3n) is 3.05. The van der Waals surface area contributed by atoms with E-state index < -0.39 is 5.97 Å². The topological polar surface area (TPSA) is 52.6 Å². The summed E-state index contributed by atoms with van der Waals surface area (Å²) in [5.41, 5.74) is 1.22. The van der Waals surface area contributed by atoms with E-state index in [4.69, 9.17) is 4.74 Å². The summed E-state index contributed by atoms with van der Waals surface area (Å²) in [6.07, 6.45) is 0.180. The Kier molecular flexibility index (Phi) is 6.15. The number of hydrogen-bond donors (Lipinski definition) is 0. The first kappa shape index (κ1) is 15.5. The van der Waals surface area contributed by atoms with Crippen LogP contribution in [0.5, 0.6) is 5.75 Å². The van der Waals surface area contributed by atoms with E-state index in [2.05, 4.69) is 4.90 Å². The second-order valence-corrected chi connectivity index (χ2v) is 4.48. The standard InChI is InChI=1S/C13H17NO3.Na/c1-17-12-4-2-10(3-5-12)7-14-8-11(9-14)6-13(15)16;/h2-5,11H,6-9H2,1H3,(H,15,16);/q;+1/p-1. The van der Waals surface area contributed by atoms with Crippen LogP contribution in [0.1, 0.15) is 12.0 Å². The Bertz CT molecular complexity index is 388. The maximum atomic E-state index is 10.4. The van der Waals surface area contributed by atoms with Gasteiger partial charge in [0.2, 0.25) is 0 Å². The van der Waals surface area contributed by atoms with Gasteiger partial charge < -0.3 is 14.6 Å². The molecule has 18 heavy (non-hydrogen) atoms. The molecule has 1 aromatic rings. The van der Waals surface area contributed by atoms with Crippen molar-refractivity contribution in [3.05, 3.63) is 29.8 Å². The van der Waals surface area contributed by atoms with Crippen LogP contribution in [0, 0.1) is 5.92 Å². The maximum absolute atomic E-state index is 10.4. The zero-order valence-corrected chi connectivity index (χ0v) is 12.9. The maximum Gasteiger partial charge on any atom is 1.00 e.